The molecule has 1 heterocycles. The van der Waals surface area contributed by atoms with Gasteiger partial charge in [-0.2, -0.15) is 0 Å². The molecule has 12 aromatic rings. The van der Waals surface area contributed by atoms with Gasteiger partial charge in [0.15, 0.2) is 0 Å². The standard InChI is InChI=1S/C66H40O/c1-4-15-41(16-5-1)48-37-49(39-50(38-48)47-33-35-59-58(40-47)55-26-14-25-52-51(43-17-6-2-7-18-43)34-36-60(67-59)64(52)55)42-29-31-46(32-30-42)63-54-24-11-10-23-53(54)62(45-19-8-3-9-20-45)65-56-27-12-21-44-22-13-28-57(61(44)56)66(63)65/h1-40H. The van der Waals surface area contributed by atoms with E-state index in [0.717, 1.165) is 33.6 Å². The van der Waals surface area contributed by atoms with Crippen LogP contribution in [0, 0.1) is 0 Å². The summed E-state index contributed by atoms with van der Waals surface area (Å²) in [6.07, 6.45) is 0. The minimum Gasteiger partial charge on any atom is -0.456 e. The van der Waals surface area contributed by atoms with E-state index in [-0.39, 0.29) is 0 Å². The molecule has 0 spiro atoms. The van der Waals surface area contributed by atoms with Gasteiger partial charge in [0.2, 0.25) is 0 Å². The van der Waals surface area contributed by atoms with Crippen molar-refractivity contribution in [2.45, 2.75) is 0 Å². The molecule has 0 amide bonds. The third kappa shape index (κ3) is 5.88. The second-order valence-corrected chi connectivity index (χ2v) is 17.9. The van der Waals surface area contributed by atoms with E-state index in [0.29, 0.717) is 0 Å². The van der Waals surface area contributed by atoms with E-state index in [9.17, 15) is 0 Å². The van der Waals surface area contributed by atoms with Crippen LogP contribution < -0.4 is 4.74 Å². The molecule has 0 atom stereocenters. The van der Waals surface area contributed by atoms with E-state index >= 15 is 0 Å². The summed E-state index contributed by atoms with van der Waals surface area (Å²) in [7, 11) is 0. The van der Waals surface area contributed by atoms with Crippen molar-refractivity contribution >= 4 is 32.3 Å². The highest BCUT2D eigenvalue weighted by Crippen LogP contribution is 2.58. The molecule has 1 nitrogen and oxygen atoms in total. The zero-order valence-electron chi connectivity index (χ0n) is 36.5. The molecule has 0 fully saturated rings. The van der Waals surface area contributed by atoms with Crippen LogP contribution in [0.2, 0.25) is 0 Å². The van der Waals surface area contributed by atoms with Crippen molar-refractivity contribution in [1.29, 1.82) is 0 Å². The molecule has 1 heteroatoms. The SMILES string of the molecule is c1ccc(-c2cc(-c3ccc(-c4c5c(c(-c6ccccc6)c6ccccc46)-c4cccc6cccc-5c46)cc3)cc(-c3ccc4c(c3)-c3cccc5c(-c6ccccc6)ccc(c35)O4)c2)cc1. The quantitative estimate of drug-likeness (QED) is 0.162. The number of hydrogen-bond acceptors (Lipinski definition) is 1. The van der Waals surface area contributed by atoms with Crippen molar-refractivity contribution in [2.24, 2.45) is 0 Å². The van der Waals surface area contributed by atoms with E-state index in [4.69, 9.17) is 4.74 Å². The molecule has 0 saturated carbocycles. The fourth-order valence-electron chi connectivity index (χ4n) is 11.2. The first kappa shape index (κ1) is 37.6. The summed E-state index contributed by atoms with van der Waals surface area (Å²) in [5, 5.41) is 7.49. The molecular formula is C66H40O. The molecule has 1 aliphatic heterocycles. The molecule has 0 bridgehead atoms. The lowest BCUT2D eigenvalue weighted by Gasteiger charge is -2.23. The largest absolute Gasteiger partial charge is 0.456 e. The van der Waals surface area contributed by atoms with Crippen LogP contribution in [0.15, 0.2) is 243 Å². The van der Waals surface area contributed by atoms with Crippen LogP contribution in [-0.4, -0.2) is 0 Å². The fraction of sp³-hybridized carbons (Fsp3) is 0. The third-order valence-electron chi connectivity index (χ3n) is 14.2. The zero-order chi connectivity index (χ0) is 44.0. The maximum Gasteiger partial charge on any atom is 0.135 e. The number of ether oxygens (including phenoxy) is 1. The van der Waals surface area contributed by atoms with Gasteiger partial charge in [0.05, 0.1) is 0 Å². The van der Waals surface area contributed by atoms with E-state index in [2.05, 4.69) is 243 Å². The average molecular weight is 849 g/mol. The summed E-state index contributed by atoms with van der Waals surface area (Å²) in [5.41, 5.74) is 22.0. The second-order valence-electron chi connectivity index (χ2n) is 17.9. The van der Waals surface area contributed by atoms with Gasteiger partial charge in [0, 0.05) is 10.9 Å². The highest BCUT2D eigenvalue weighted by molar-refractivity contribution is 6.27. The summed E-state index contributed by atoms with van der Waals surface area (Å²) in [4.78, 5) is 0. The van der Waals surface area contributed by atoms with Gasteiger partial charge in [-0.25, -0.2) is 0 Å². The highest BCUT2D eigenvalue weighted by Gasteiger charge is 2.30. The Bertz CT molecular complexity index is 3960. The summed E-state index contributed by atoms with van der Waals surface area (Å²) in [6, 6.07) is 88.9. The first-order chi connectivity index (χ1) is 33.2. The van der Waals surface area contributed by atoms with Crippen molar-refractivity contribution in [1.82, 2.24) is 0 Å². The number of benzene rings is 12. The normalized spacial score (nSPS) is 12.0. The van der Waals surface area contributed by atoms with Crippen LogP contribution in [-0.2, 0) is 0 Å². The van der Waals surface area contributed by atoms with Crippen LogP contribution in [0.5, 0.6) is 11.5 Å². The van der Waals surface area contributed by atoms with Crippen LogP contribution in [0.25, 0.3) is 132 Å². The smallest absolute Gasteiger partial charge is 0.135 e. The maximum atomic E-state index is 6.68. The Hall–Kier alpha value is -8.78. The van der Waals surface area contributed by atoms with Gasteiger partial charge in [-0.05, 0) is 158 Å². The monoisotopic (exact) mass is 848 g/mol. The van der Waals surface area contributed by atoms with E-state index in [1.807, 2.05) is 0 Å². The lowest BCUT2D eigenvalue weighted by atomic mass is 9.82. The van der Waals surface area contributed by atoms with Crippen molar-refractivity contribution in [3.63, 3.8) is 0 Å². The minimum atomic E-state index is 0.876. The number of hydrogen-bond donors (Lipinski definition) is 0. The lowest BCUT2D eigenvalue weighted by Crippen LogP contribution is -1.98. The summed E-state index contributed by atoms with van der Waals surface area (Å²) in [6.45, 7) is 0. The predicted octanol–water partition coefficient (Wildman–Crippen LogP) is 18.6. The lowest BCUT2D eigenvalue weighted by molar-refractivity contribution is 0.487. The van der Waals surface area contributed by atoms with Gasteiger partial charge in [-0.15, -0.1) is 0 Å². The van der Waals surface area contributed by atoms with Crippen molar-refractivity contribution in [3.05, 3.63) is 243 Å². The summed E-state index contributed by atoms with van der Waals surface area (Å²) < 4.78 is 6.68. The Labute approximate surface area is 389 Å². The topological polar surface area (TPSA) is 9.23 Å². The minimum absolute atomic E-state index is 0.876. The maximum absolute atomic E-state index is 6.68. The molecule has 0 N–H and O–H groups in total. The van der Waals surface area contributed by atoms with Crippen LogP contribution in [0.1, 0.15) is 0 Å². The number of fused-ring (bicyclic) bond motifs is 6. The van der Waals surface area contributed by atoms with Crippen molar-refractivity contribution in [2.75, 3.05) is 0 Å². The van der Waals surface area contributed by atoms with Crippen molar-refractivity contribution < 1.29 is 4.74 Å². The fourth-order valence-corrected chi connectivity index (χ4v) is 11.2. The molecular weight excluding hydrogens is 809 g/mol. The average Bonchev–Trinajstić information content (AvgIpc) is 3.73. The predicted molar refractivity (Wildman–Crippen MR) is 282 cm³/mol. The van der Waals surface area contributed by atoms with E-state index < -0.39 is 0 Å². The summed E-state index contributed by atoms with van der Waals surface area (Å²) >= 11 is 0. The Balaban J connectivity index is 0.923. The molecule has 0 saturated heterocycles. The van der Waals surface area contributed by atoms with Gasteiger partial charge >= 0.3 is 0 Å². The summed E-state index contributed by atoms with van der Waals surface area (Å²) in [5.74, 6) is 1.77. The third-order valence-corrected chi connectivity index (χ3v) is 14.2. The molecule has 12 aromatic carbocycles. The Kier molecular flexibility index (Phi) is 8.35. The van der Waals surface area contributed by atoms with Gasteiger partial charge in [-0.1, -0.05) is 206 Å². The molecule has 2 aliphatic rings. The molecule has 14 rings (SSSR count). The Morgan fingerprint density at radius 1 is 0.209 bits per heavy atom. The highest BCUT2D eigenvalue weighted by atomic mass is 16.5. The number of rotatable bonds is 6. The first-order valence-corrected chi connectivity index (χ1v) is 23.2. The molecule has 310 valence electrons. The van der Waals surface area contributed by atoms with Gasteiger partial charge in [0.1, 0.15) is 11.5 Å². The van der Waals surface area contributed by atoms with Crippen LogP contribution in [0.3, 0.4) is 0 Å². The second kappa shape index (κ2) is 14.9. The van der Waals surface area contributed by atoms with E-state index in [1.165, 1.54) is 110 Å². The van der Waals surface area contributed by atoms with E-state index in [1.54, 1.807) is 0 Å². The van der Waals surface area contributed by atoms with Gasteiger partial charge < -0.3 is 4.74 Å². The molecule has 1 aliphatic carbocycles. The molecule has 0 aromatic heterocycles. The van der Waals surface area contributed by atoms with Crippen molar-refractivity contribution in [3.8, 4) is 112 Å². The molecule has 0 radical (unpaired) electrons. The molecule has 67 heavy (non-hydrogen) atoms. The van der Waals surface area contributed by atoms with Gasteiger partial charge in [0.25, 0.3) is 0 Å². The zero-order valence-corrected chi connectivity index (χ0v) is 36.5. The Morgan fingerprint density at radius 2 is 0.672 bits per heavy atom. The molecule has 0 unspecified atom stereocenters. The first-order valence-electron chi connectivity index (χ1n) is 23.2. The van der Waals surface area contributed by atoms with Crippen LogP contribution in [0.4, 0.5) is 0 Å². The van der Waals surface area contributed by atoms with Crippen LogP contribution >= 0.6 is 0 Å². The Morgan fingerprint density at radius 3 is 1.31 bits per heavy atom. The van der Waals surface area contributed by atoms with Gasteiger partial charge in [-0.3, -0.25) is 0 Å².